The van der Waals surface area contributed by atoms with Crippen LogP contribution in [0, 0.1) is 6.92 Å². The normalized spacial score (nSPS) is 10.3. The smallest absolute Gasteiger partial charge is 0.132 e. The van der Waals surface area contributed by atoms with Gasteiger partial charge in [0.25, 0.3) is 0 Å². The maximum atomic E-state index is 5.99. The second-order valence-electron chi connectivity index (χ2n) is 4.24. The molecular weight excluding hydrogens is 260 g/mol. The molecule has 0 saturated carbocycles. The van der Waals surface area contributed by atoms with Gasteiger partial charge in [0.05, 0.1) is 0 Å². The van der Waals surface area contributed by atoms with E-state index in [2.05, 4.69) is 10.3 Å². The highest BCUT2D eigenvalue weighted by atomic mass is 35.5. The Kier molecular flexibility index (Phi) is 4.63. The van der Waals surface area contributed by atoms with Gasteiger partial charge in [0, 0.05) is 23.3 Å². The number of aryl methyl sites for hydroxylation is 1. The van der Waals surface area contributed by atoms with Crippen LogP contribution in [0.3, 0.4) is 0 Å². The van der Waals surface area contributed by atoms with Crippen molar-refractivity contribution < 1.29 is 4.74 Å². The van der Waals surface area contributed by atoms with Gasteiger partial charge in [0.2, 0.25) is 0 Å². The fourth-order valence-electron chi connectivity index (χ4n) is 1.75. The number of halogens is 1. The summed E-state index contributed by atoms with van der Waals surface area (Å²) < 4.78 is 5.78. The number of hydrogen-bond donors (Lipinski definition) is 1. The highest BCUT2D eigenvalue weighted by Crippen LogP contribution is 2.22. The summed E-state index contributed by atoms with van der Waals surface area (Å²) >= 11 is 5.99. The third kappa shape index (κ3) is 3.61. The molecule has 3 nitrogen and oxygen atoms in total. The molecule has 0 atom stereocenters. The second kappa shape index (κ2) is 6.43. The molecule has 0 aliphatic heterocycles. The van der Waals surface area contributed by atoms with Gasteiger partial charge in [-0.05, 0) is 43.7 Å². The summed E-state index contributed by atoms with van der Waals surface area (Å²) in [6.45, 7) is 5.33. The lowest BCUT2D eigenvalue weighted by atomic mass is 10.2. The maximum absolute atomic E-state index is 5.99. The van der Waals surface area contributed by atoms with E-state index < -0.39 is 0 Å². The van der Waals surface area contributed by atoms with E-state index in [1.54, 1.807) is 6.20 Å². The predicted octanol–water partition coefficient (Wildman–Crippen LogP) is 4.05. The molecular formula is C15H17ClN2O. The molecule has 4 heteroatoms. The van der Waals surface area contributed by atoms with Crippen LogP contribution in [0.15, 0.2) is 36.5 Å². The molecule has 2 aromatic rings. The van der Waals surface area contributed by atoms with E-state index in [1.807, 2.05) is 44.2 Å². The molecule has 0 amide bonds. The van der Waals surface area contributed by atoms with Crippen LogP contribution in [0.2, 0.25) is 5.02 Å². The van der Waals surface area contributed by atoms with Crippen LogP contribution in [0.4, 0.5) is 5.82 Å². The van der Waals surface area contributed by atoms with Crippen molar-refractivity contribution in [2.75, 3.05) is 11.9 Å². The zero-order valence-electron chi connectivity index (χ0n) is 11.1. The van der Waals surface area contributed by atoms with Gasteiger partial charge in [0.15, 0.2) is 0 Å². The van der Waals surface area contributed by atoms with Gasteiger partial charge in [-0.2, -0.15) is 0 Å². The quantitative estimate of drug-likeness (QED) is 0.894. The van der Waals surface area contributed by atoms with Crippen LogP contribution in [0.5, 0.6) is 5.75 Å². The van der Waals surface area contributed by atoms with E-state index in [9.17, 15) is 0 Å². The van der Waals surface area contributed by atoms with Crippen molar-refractivity contribution in [3.8, 4) is 5.75 Å². The SMILES string of the molecule is CCNc1ncccc1COc1ccc(Cl)c(C)c1. The monoisotopic (exact) mass is 276 g/mol. The Morgan fingerprint density at radius 3 is 2.89 bits per heavy atom. The summed E-state index contributed by atoms with van der Waals surface area (Å²) in [6, 6.07) is 9.57. The van der Waals surface area contributed by atoms with Gasteiger partial charge < -0.3 is 10.1 Å². The maximum Gasteiger partial charge on any atom is 0.132 e. The Bertz CT molecular complexity index is 558. The molecule has 2 rings (SSSR count). The molecule has 1 aromatic heterocycles. The average Bonchev–Trinajstić information content (AvgIpc) is 2.42. The molecule has 19 heavy (non-hydrogen) atoms. The molecule has 0 fully saturated rings. The summed E-state index contributed by atoms with van der Waals surface area (Å²) in [5, 5.41) is 3.97. The number of rotatable bonds is 5. The third-order valence-corrected chi connectivity index (χ3v) is 3.18. The molecule has 0 bridgehead atoms. The van der Waals surface area contributed by atoms with Crippen molar-refractivity contribution in [1.29, 1.82) is 0 Å². The average molecular weight is 277 g/mol. The number of ether oxygens (including phenoxy) is 1. The lowest BCUT2D eigenvalue weighted by Gasteiger charge is -2.11. The lowest BCUT2D eigenvalue weighted by molar-refractivity contribution is 0.306. The first-order valence-corrected chi connectivity index (χ1v) is 6.65. The predicted molar refractivity (Wildman–Crippen MR) is 78.9 cm³/mol. The van der Waals surface area contributed by atoms with Gasteiger partial charge in [0.1, 0.15) is 18.2 Å². The standard InChI is InChI=1S/C15H17ClN2O/c1-3-17-15-12(5-4-8-18-15)10-19-13-6-7-14(16)11(2)9-13/h4-9H,3,10H2,1-2H3,(H,17,18). The third-order valence-electron chi connectivity index (χ3n) is 2.76. The van der Waals surface area contributed by atoms with Crippen LogP contribution >= 0.6 is 11.6 Å². The number of anilines is 1. The van der Waals surface area contributed by atoms with Crippen molar-refractivity contribution >= 4 is 17.4 Å². The molecule has 1 aromatic carbocycles. The number of nitrogens with zero attached hydrogens (tertiary/aromatic N) is 1. The van der Waals surface area contributed by atoms with Crippen LogP contribution in [-0.4, -0.2) is 11.5 Å². The summed E-state index contributed by atoms with van der Waals surface area (Å²) in [5.41, 5.74) is 2.05. The number of nitrogens with one attached hydrogen (secondary N) is 1. The summed E-state index contributed by atoms with van der Waals surface area (Å²) in [7, 11) is 0. The minimum absolute atomic E-state index is 0.483. The van der Waals surface area contributed by atoms with Crippen LogP contribution in [0.1, 0.15) is 18.1 Å². The van der Waals surface area contributed by atoms with E-state index >= 15 is 0 Å². The van der Waals surface area contributed by atoms with Gasteiger partial charge in [-0.15, -0.1) is 0 Å². The Morgan fingerprint density at radius 1 is 1.32 bits per heavy atom. The molecule has 0 radical (unpaired) electrons. The van der Waals surface area contributed by atoms with Gasteiger partial charge in [-0.3, -0.25) is 0 Å². The van der Waals surface area contributed by atoms with Crippen molar-refractivity contribution in [2.24, 2.45) is 0 Å². The highest BCUT2D eigenvalue weighted by Gasteiger charge is 2.04. The van der Waals surface area contributed by atoms with E-state index in [0.29, 0.717) is 6.61 Å². The molecule has 100 valence electrons. The van der Waals surface area contributed by atoms with E-state index in [1.165, 1.54) is 0 Å². The topological polar surface area (TPSA) is 34.2 Å². The fourth-order valence-corrected chi connectivity index (χ4v) is 1.87. The van der Waals surface area contributed by atoms with Gasteiger partial charge in [-0.1, -0.05) is 17.7 Å². The molecule has 0 unspecified atom stereocenters. The van der Waals surface area contributed by atoms with Gasteiger partial charge in [-0.25, -0.2) is 4.98 Å². The first-order valence-electron chi connectivity index (χ1n) is 6.27. The van der Waals surface area contributed by atoms with Crippen LogP contribution in [0.25, 0.3) is 0 Å². The number of pyridine rings is 1. The van der Waals surface area contributed by atoms with Crippen LogP contribution < -0.4 is 10.1 Å². The summed E-state index contributed by atoms with van der Waals surface area (Å²) in [6.07, 6.45) is 1.77. The molecule has 1 heterocycles. The zero-order chi connectivity index (χ0) is 13.7. The van der Waals surface area contributed by atoms with Crippen molar-refractivity contribution in [2.45, 2.75) is 20.5 Å². The first-order chi connectivity index (χ1) is 9.20. The van der Waals surface area contributed by atoms with E-state index in [0.717, 1.165) is 34.3 Å². The lowest BCUT2D eigenvalue weighted by Crippen LogP contribution is -2.05. The first kappa shape index (κ1) is 13.7. The number of aromatic nitrogens is 1. The minimum atomic E-state index is 0.483. The molecule has 0 aliphatic rings. The number of benzene rings is 1. The Labute approximate surface area is 118 Å². The van der Waals surface area contributed by atoms with E-state index in [4.69, 9.17) is 16.3 Å². The van der Waals surface area contributed by atoms with Crippen LogP contribution in [-0.2, 0) is 6.61 Å². The van der Waals surface area contributed by atoms with Crippen molar-refractivity contribution in [3.63, 3.8) is 0 Å². The molecule has 1 N–H and O–H groups in total. The number of hydrogen-bond acceptors (Lipinski definition) is 3. The summed E-state index contributed by atoms with van der Waals surface area (Å²) in [5.74, 6) is 1.68. The Hall–Kier alpha value is -1.74. The Morgan fingerprint density at radius 2 is 2.16 bits per heavy atom. The highest BCUT2D eigenvalue weighted by molar-refractivity contribution is 6.31. The molecule has 0 spiro atoms. The second-order valence-corrected chi connectivity index (χ2v) is 4.65. The van der Waals surface area contributed by atoms with Crippen molar-refractivity contribution in [1.82, 2.24) is 4.98 Å². The zero-order valence-corrected chi connectivity index (χ0v) is 11.9. The largest absolute Gasteiger partial charge is 0.489 e. The van der Waals surface area contributed by atoms with Gasteiger partial charge >= 0.3 is 0 Å². The molecule has 0 aliphatic carbocycles. The summed E-state index contributed by atoms with van der Waals surface area (Å²) in [4.78, 5) is 4.30. The Balaban J connectivity index is 2.07. The molecule has 0 saturated heterocycles. The fraction of sp³-hybridized carbons (Fsp3) is 0.267. The minimum Gasteiger partial charge on any atom is -0.489 e. The van der Waals surface area contributed by atoms with E-state index in [-0.39, 0.29) is 0 Å². The van der Waals surface area contributed by atoms with Crippen molar-refractivity contribution in [3.05, 3.63) is 52.7 Å².